The number of aromatic nitrogens is 1. The molecule has 1 aromatic rings. The molecule has 0 fully saturated rings. The smallest absolute Gasteiger partial charge is 0.293 e. The van der Waals surface area contributed by atoms with E-state index >= 15 is 0 Å². The summed E-state index contributed by atoms with van der Waals surface area (Å²) in [6.07, 6.45) is 2.37. The van der Waals surface area contributed by atoms with Crippen LogP contribution in [0.2, 0.25) is 0 Å². The zero-order valence-electron chi connectivity index (χ0n) is 9.80. The van der Waals surface area contributed by atoms with Crippen molar-refractivity contribution < 1.29 is 4.92 Å². The summed E-state index contributed by atoms with van der Waals surface area (Å²) in [7, 11) is 0. The van der Waals surface area contributed by atoms with E-state index < -0.39 is 0 Å². The van der Waals surface area contributed by atoms with Crippen LogP contribution >= 0.6 is 0 Å². The van der Waals surface area contributed by atoms with Crippen molar-refractivity contribution in [3.8, 4) is 0 Å². The largest absolute Gasteiger partial charge is 0.327 e. The monoisotopic (exact) mass is 223 g/mol. The molecular formula is C11H17N3O2. The Balaban J connectivity index is 3.22. The number of hydrogen-bond donors (Lipinski definition) is 1. The molecule has 1 heterocycles. The van der Waals surface area contributed by atoms with E-state index in [2.05, 4.69) is 4.98 Å². The molecule has 5 heteroatoms. The van der Waals surface area contributed by atoms with E-state index in [-0.39, 0.29) is 22.6 Å². The van der Waals surface area contributed by atoms with E-state index in [9.17, 15) is 10.1 Å². The Hall–Kier alpha value is -1.49. The number of nitrogens with two attached hydrogens (primary N) is 1. The van der Waals surface area contributed by atoms with Gasteiger partial charge in [0, 0.05) is 23.7 Å². The van der Waals surface area contributed by atoms with E-state index in [1.54, 1.807) is 19.2 Å². The lowest BCUT2D eigenvalue weighted by Gasteiger charge is -2.17. The minimum absolute atomic E-state index is 0.0962. The number of pyridine rings is 1. The zero-order chi connectivity index (χ0) is 12.3. The van der Waals surface area contributed by atoms with Gasteiger partial charge >= 0.3 is 0 Å². The first-order chi connectivity index (χ1) is 7.49. The Labute approximate surface area is 94.8 Å². The molecule has 0 aliphatic rings. The molecule has 2 N–H and O–H groups in total. The molecule has 88 valence electrons. The van der Waals surface area contributed by atoms with Crippen LogP contribution in [0.1, 0.15) is 37.4 Å². The van der Waals surface area contributed by atoms with Gasteiger partial charge in [0.25, 0.3) is 5.69 Å². The first-order valence-electron chi connectivity index (χ1n) is 5.34. The molecule has 1 aromatic heterocycles. The second-order valence-electron chi connectivity index (χ2n) is 3.98. The minimum Gasteiger partial charge on any atom is -0.327 e. The van der Waals surface area contributed by atoms with Crippen molar-refractivity contribution >= 4 is 5.69 Å². The summed E-state index contributed by atoms with van der Waals surface area (Å²) >= 11 is 0. The lowest BCUT2D eigenvalue weighted by molar-refractivity contribution is -0.386. The summed E-state index contributed by atoms with van der Waals surface area (Å²) in [4.78, 5) is 14.7. The van der Waals surface area contributed by atoms with Crippen LogP contribution in [0.4, 0.5) is 5.69 Å². The van der Waals surface area contributed by atoms with Crippen LogP contribution in [0.15, 0.2) is 12.3 Å². The fraction of sp³-hybridized carbons (Fsp3) is 0.545. The standard InChI is InChI=1S/C11H17N3O2/c1-4-9(12)8(3)10-11(14(15)16)7(2)5-6-13-10/h5-6,8-9H,4,12H2,1-3H3. The molecule has 5 nitrogen and oxygen atoms in total. The van der Waals surface area contributed by atoms with Crippen molar-refractivity contribution in [2.75, 3.05) is 0 Å². The third kappa shape index (κ3) is 2.36. The van der Waals surface area contributed by atoms with Crippen molar-refractivity contribution in [2.45, 2.75) is 39.2 Å². The summed E-state index contributed by atoms with van der Waals surface area (Å²) in [6.45, 7) is 5.55. The molecule has 0 saturated heterocycles. The highest BCUT2D eigenvalue weighted by Crippen LogP contribution is 2.29. The summed E-state index contributed by atoms with van der Waals surface area (Å²) in [6, 6.07) is 1.54. The van der Waals surface area contributed by atoms with Gasteiger partial charge in [-0.15, -0.1) is 0 Å². The van der Waals surface area contributed by atoms with Gasteiger partial charge in [-0.2, -0.15) is 0 Å². The molecule has 0 radical (unpaired) electrons. The topological polar surface area (TPSA) is 82.0 Å². The van der Waals surface area contributed by atoms with Gasteiger partial charge in [0.05, 0.1) is 4.92 Å². The van der Waals surface area contributed by atoms with E-state index in [4.69, 9.17) is 5.73 Å². The van der Waals surface area contributed by atoms with Crippen molar-refractivity contribution in [1.82, 2.24) is 4.98 Å². The van der Waals surface area contributed by atoms with Gasteiger partial charge in [-0.3, -0.25) is 15.1 Å². The van der Waals surface area contributed by atoms with E-state index in [0.717, 1.165) is 6.42 Å². The van der Waals surface area contributed by atoms with Crippen LogP contribution in [-0.4, -0.2) is 15.9 Å². The highest BCUT2D eigenvalue weighted by atomic mass is 16.6. The maximum absolute atomic E-state index is 11.0. The second kappa shape index (κ2) is 5.03. The summed E-state index contributed by atoms with van der Waals surface area (Å²) < 4.78 is 0. The molecule has 0 bridgehead atoms. The Bertz CT molecular complexity index is 393. The molecule has 2 unspecified atom stereocenters. The lowest BCUT2D eigenvalue weighted by atomic mass is 9.94. The van der Waals surface area contributed by atoms with Gasteiger partial charge in [0.2, 0.25) is 0 Å². The SMILES string of the molecule is CCC(N)C(C)c1nccc(C)c1[N+](=O)[O-]. The maximum Gasteiger partial charge on any atom is 0.293 e. The fourth-order valence-electron chi connectivity index (χ4n) is 1.70. The molecule has 0 amide bonds. The van der Waals surface area contributed by atoms with Crippen molar-refractivity contribution in [2.24, 2.45) is 5.73 Å². The van der Waals surface area contributed by atoms with Crippen LogP contribution in [-0.2, 0) is 0 Å². The fourth-order valence-corrected chi connectivity index (χ4v) is 1.70. The third-order valence-electron chi connectivity index (χ3n) is 2.88. The van der Waals surface area contributed by atoms with Crippen LogP contribution in [0.25, 0.3) is 0 Å². The van der Waals surface area contributed by atoms with Gasteiger partial charge in [-0.25, -0.2) is 0 Å². The normalized spacial score (nSPS) is 14.5. The predicted octanol–water partition coefficient (Wildman–Crippen LogP) is 2.14. The molecule has 16 heavy (non-hydrogen) atoms. The van der Waals surface area contributed by atoms with Crippen LogP contribution < -0.4 is 5.73 Å². The van der Waals surface area contributed by atoms with Gasteiger partial charge in [0.1, 0.15) is 5.69 Å². The molecule has 2 atom stereocenters. The average molecular weight is 223 g/mol. The lowest BCUT2D eigenvalue weighted by Crippen LogP contribution is -2.27. The number of hydrogen-bond acceptors (Lipinski definition) is 4. The summed E-state index contributed by atoms with van der Waals surface area (Å²) in [5.74, 6) is -0.106. The van der Waals surface area contributed by atoms with E-state index in [1.807, 2.05) is 13.8 Å². The molecule has 0 aliphatic carbocycles. The highest BCUT2D eigenvalue weighted by Gasteiger charge is 2.25. The molecule has 0 aromatic carbocycles. The number of rotatable bonds is 4. The van der Waals surface area contributed by atoms with E-state index in [1.165, 1.54) is 0 Å². The van der Waals surface area contributed by atoms with E-state index in [0.29, 0.717) is 11.3 Å². The second-order valence-corrected chi connectivity index (χ2v) is 3.98. The van der Waals surface area contributed by atoms with Crippen LogP contribution in [0, 0.1) is 17.0 Å². The highest BCUT2D eigenvalue weighted by molar-refractivity contribution is 5.44. The number of nitrogens with zero attached hydrogens (tertiary/aromatic N) is 2. The van der Waals surface area contributed by atoms with Gasteiger partial charge in [-0.1, -0.05) is 13.8 Å². The summed E-state index contributed by atoms with van der Waals surface area (Å²) in [5.41, 5.74) is 7.12. The quantitative estimate of drug-likeness (QED) is 0.626. The Morgan fingerprint density at radius 1 is 1.62 bits per heavy atom. The Morgan fingerprint density at radius 3 is 2.75 bits per heavy atom. The predicted molar refractivity (Wildman–Crippen MR) is 62.3 cm³/mol. The third-order valence-corrected chi connectivity index (χ3v) is 2.88. The minimum atomic E-state index is -0.378. The van der Waals surface area contributed by atoms with Crippen LogP contribution in [0.5, 0.6) is 0 Å². The van der Waals surface area contributed by atoms with Crippen molar-refractivity contribution in [1.29, 1.82) is 0 Å². The molecular weight excluding hydrogens is 206 g/mol. The Kier molecular flexibility index (Phi) is 3.95. The molecule has 1 rings (SSSR count). The summed E-state index contributed by atoms with van der Waals surface area (Å²) in [5, 5.41) is 11.0. The van der Waals surface area contributed by atoms with Crippen molar-refractivity contribution in [3.05, 3.63) is 33.6 Å². The van der Waals surface area contributed by atoms with Crippen LogP contribution in [0.3, 0.4) is 0 Å². The molecule has 0 aliphatic heterocycles. The van der Waals surface area contributed by atoms with Gasteiger partial charge in [-0.05, 0) is 19.4 Å². The maximum atomic E-state index is 11.0. The van der Waals surface area contributed by atoms with Gasteiger partial charge < -0.3 is 5.73 Å². The first kappa shape index (κ1) is 12.6. The Morgan fingerprint density at radius 2 is 2.25 bits per heavy atom. The number of nitro groups is 1. The molecule has 0 saturated carbocycles. The average Bonchev–Trinajstić information content (AvgIpc) is 2.26. The van der Waals surface area contributed by atoms with Gasteiger partial charge in [0.15, 0.2) is 0 Å². The number of aryl methyl sites for hydroxylation is 1. The first-order valence-corrected chi connectivity index (χ1v) is 5.34. The zero-order valence-corrected chi connectivity index (χ0v) is 9.80. The molecule has 0 spiro atoms. The van der Waals surface area contributed by atoms with Crippen molar-refractivity contribution in [3.63, 3.8) is 0 Å².